The summed E-state index contributed by atoms with van der Waals surface area (Å²) in [6.07, 6.45) is 5.90. The highest BCUT2D eigenvalue weighted by Crippen LogP contribution is 2.62. The van der Waals surface area contributed by atoms with Gasteiger partial charge >= 0.3 is 0 Å². The molecule has 3 atom stereocenters. The SMILES string of the molecule is CCN(CC)c1cc2oc(-c3ccc(F)cc3)c(C(=O)NC)c2cc1-c1cccc(C(=O)NC(C)C23CC4CC(CC(O)(C4)C2)C3)c1. The molecule has 4 aromatic rings. The summed E-state index contributed by atoms with van der Waals surface area (Å²) in [5.41, 5.74) is 4.11. The molecule has 2 amide bonds. The number of nitrogens with one attached hydrogen (secondary N) is 2. The van der Waals surface area contributed by atoms with Gasteiger partial charge in [0.15, 0.2) is 0 Å². The van der Waals surface area contributed by atoms with E-state index in [2.05, 4.69) is 36.3 Å². The molecule has 47 heavy (non-hydrogen) atoms. The van der Waals surface area contributed by atoms with Crippen LogP contribution in [0.2, 0.25) is 0 Å². The molecule has 0 spiro atoms. The Bertz CT molecular complexity index is 1830. The van der Waals surface area contributed by atoms with Crippen LogP contribution in [-0.2, 0) is 0 Å². The quantitative estimate of drug-likeness (QED) is 0.176. The van der Waals surface area contributed by atoms with Crippen molar-refractivity contribution in [1.82, 2.24) is 10.6 Å². The molecular weight excluding hydrogens is 593 g/mol. The van der Waals surface area contributed by atoms with Crippen LogP contribution in [0.1, 0.15) is 80.0 Å². The number of furan rings is 1. The van der Waals surface area contributed by atoms with Crippen molar-refractivity contribution in [2.24, 2.45) is 17.3 Å². The number of benzene rings is 3. The Kier molecular flexibility index (Phi) is 7.90. The fourth-order valence-corrected chi connectivity index (χ4v) is 9.40. The van der Waals surface area contributed by atoms with Crippen LogP contribution in [0.25, 0.3) is 33.4 Å². The lowest BCUT2D eigenvalue weighted by atomic mass is 9.46. The van der Waals surface area contributed by atoms with Crippen molar-refractivity contribution >= 4 is 28.5 Å². The van der Waals surface area contributed by atoms with E-state index < -0.39 is 5.60 Å². The number of fused-ring (bicyclic) bond motifs is 1. The number of hydrogen-bond acceptors (Lipinski definition) is 5. The summed E-state index contributed by atoms with van der Waals surface area (Å²) in [4.78, 5) is 29.4. The van der Waals surface area contributed by atoms with Crippen molar-refractivity contribution in [3.05, 3.63) is 77.6 Å². The molecule has 246 valence electrons. The molecule has 4 fully saturated rings. The van der Waals surface area contributed by atoms with E-state index in [1.54, 1.807) is 19.2 Å². The van der Waals surface area contributed by atoms with Crippen LogP contribution in [0.4, 0.5) is 10.1 Å². The minimum atomic E-state index is -0.584. The molecule has 3 aromatic carbocycles. The summed E-state index contributed by atoms with van der Waals surface area (Å²) >= 11 is 0. The highest BCUT2D eigenvalue weighted by Gasteiger charge is 2.59. The van der Waals surface area contributed by atoms with Gasteiger partial charge in [-0.2, -0.15) is 0 Å². The zero-order chi connectivity index (χ0) is 33.1. The molecule has 1 aromatic heterocycles. The minimum Gasteiger partial charge on any atom is -0.455 e. The standard InChI is InChI=1S/C39H44FN3O4/c1-5-43(6-2)32-17-33-31(34(37(45)41-4)35(47-33)26-10-12-29(40)13-11-26)16-30(32)27-8-7-9-28(15-27)36(44)42-23(3)38-18-24-14-25(19-38)21-39(46,20-24)22-38/h7-13,15-17,23-25,46H,5-6,14,18-22H2,1-4H3,(H,41,45)(H,42,44). The molecule has 0 radical (unpaired) electrons. The zero-order valence-electron chi connectivity index (χ0n) is 27.7. The third-order valence-corrected chi connectivity index (χ3v) is 11.2. The molecule has 1 heterocycles. The smallest absolute Gasteiger partial charge is 0.255 e. The first-order chi connectivity index (χ1) is 22.5. The molecule has 0 aliphatic heterocycles. The molecule has 4 bridgehead atoms. The molecule has 7 nitrogen and oxygen atoms in total. The lowest BCUT2D eigenvalue weighted by molar-refractivity contribution is -0.171. The molecule has 3 N–H and O–H groups in total. The third kappa shape index (κ3) is 5.50. The number of amides is 2. The van der Waals surface area contributed by atoms with E-state index in [0.29, 0.717) is 45.3 Å². The number of rotatable bonds is 9. The number of anilines is 1. The molecule has 8 rings (SSSR count). The number of carbonyl (C=O) groups is 2. The molecule has 8 heteroatoms. The fraction of sp³-hybridized carbons (Fsp3) is 0.436. The molecule has 3 unspecified atom stereocenters. The van der Waals surface area contributed by atoms with Crippen LogP contribution >= 0.6 is 0 Å². The van der Waals surface area contributed by atoms with Crippen LogP contribution in [0, 0.1) is 23.1 Å². The molecule has 4 aliphatic rings. The Balaban J connectivity index is 1.27. The van der Waals surface area contributed by atoms with Gasteiger partial charge in [-0.05, 0) is 125 Å². The summed E-state index contributed by atoms with van der Waals surface area (Å²) in [6.45, 7) is 7.79. The second-order valence-electron chi connectivity index (χ2n) is 14.3. The zero-order valence-corrected chi connectivity index (χ0v) is 27.7. The first-order valence-corrected chi connectivity index (χ1v) is 17.0. The number of carbonyl (C=O) groups excluding carboxylic acids is 2. The molecule has 4 saturated carbocycles. The van der Waals surface area contributed by atoms with Crippen LogP contribution < -0.4 is 15.5 Å². The minimum absolute atomic E-state index is 0.0513. The van der Waals surface area contributed by atoms with Gasteiger partial charge in [0, 0.05) is 60.0 Å². The second-order valence-corrected chi connectivity index (χ2v) is 14.3. The lowest BCUT2D eigenvalue weighted by Gasteiger charge is -2.62. The monoisotopic (exact) mass is 637 g/mol. The van der Waals surface area contributed by atoms with Crippen LogP contribution in [0.15, 0.2) is 65.1 Å². The lowest BCUT2D eigenvalue weighted by Crippen LogP contribution is -2.61. The van der Waals surface area contributed by atoms with E-state index in [1.807, 2.05) is 36.4 Å². The maximum absolute atomic E-state index is 13.8. The van der Waals surface area contributed by atoms with Crippen molar-refractivity contribution in [1.29, 1.82) is 0 Å². The number of hydrogen-bond donors (Lipinski definition) is 3. The van der Waals surface area contributed by atoms with E-state index in [1.165, 1.54) is 18.6 Å². The van der Waals surface area contributed by atoms with Crippen molar-refractivity contribution < 1.29 is 23.5 Å². The van der Waals surface area contributed by atoms with Crippen molar-refractivity contribution in [3.63, 3.8) is 0 Å². The van der Waals surface area contributed by atoms with Crippen molar-refractivity contribution in [2.45, 2.75) is 70.9 Å². The van der Waals surface area contributed by atoms with E-state index in [4.69, 9.17) is 4.42 Å². The predicted molar refractivity (Wildman–Crippen MR) is 183 cm³/mol. The molecule has 4 aliphatic carbocycles. The maximum Gasteiger partial charge on any atom is 0.255 e. The number of aliphatic hydroxyl groups is 1. The Hall–Kier alpha value is -4.17. The maximum atomic E-state index is 13.8. The highest BCUT2D eigenvalue weighted by molar-refractivity contribution is 6.13. The summed E-state index contributed by atoms with van der Waals surface area (Å²) in [5, 5.41) is 18.0. The van der Waals surface area contributed by atoms with E-state index in [-0.39, 0.29) is 29.1 Å². The van der Waals surface area contributed by atoms with Gasteiger partial charge in [0.1, 0.15) is 17.2 Å². The summed E-state index contributed by atoms with van der Waals surface area (Å²) in [6, 6.07) is 17.5. The van der Waals surface area contributed by atoms with Gasteiger partial charge in [0.25, 0.3) is 11.8 Å². The Morgan fingerprint density at radius 3 is 2.32 bits per heavy atom. The summed E-state index contributed by atoms with van der Waals surface area (Å²) in [5.74, 6) is 0.665. The van der Waals surface area contributed by atoms with Gasteiger partial charge in [0.05, 0.1) is 11.2 Å². The Morgan fingerprint density at radius 1 is 0.979 bits per heavy atom. The van der Waals surface area contributed by atoms with Gasteiger partial charge in [0.2, 0.25) is 0 Å². The molecule has 0 saturated heterocycles. The van der Waals surface area contributed by atoms with Gasteiger partial charge in [-0.3, -0.25) is 9.59 Å². The van der Waals surface area contributed by atoms with Crippen LogP contribution in [0.5, 0.6) is 0 Å². The van der Waals surface area contributed by atoms with Gasteiger partial charge < -0.3 is 25.1 Å². The molecular formula is C39H44FN3O4. The normalized spacial score (nSPS) is 25.1. The number of nitrogens with zero attached hydrogens (tertiary/aromatic N) is 1. The van der Waals surface area contributed by atoms with E-state index in [9.17, 15) is 19.1 Å². The van der Waals surface area contributed by atoms with E-state index >= 15 is 0 Å². The second kappa shape index (κ2) is 11.8. The highest BCUT2D eigenvalue weighted by atomic mass is 19.1. The summed E-state index contributed by atoms with van der Waals surface area (Å²) in [7, 11) is 1.58. The van der Waals surface area contributed by atoms with Gasteiger partial charge in [-0.1, -0.05) is 12.1 Å². The first kappa shape index (κ1) is 31.4. The van der Waals surface area contributed by atoms with Crippen molar-refractivity contribution in [3.8, 4) is 22.5 Å². The van der Waals surface area contributed by atoms with E-state index in [0.717, 1.165) is 62.0 Å². The average Bonchev–Trinajstić information content (AvgIpc) is 3.42. The first-order valence-electron chi connectivity index (χ1n) is 17.0. The van der Waals surface area contributed by atoms with Crippen LogP contribution in [0.3, 0.4) is 0 Å². The largest absolute Gasteiger partial charge is 0.455 e. The van der Waals surface area contributed by atoms with Crippen LogP contribution in [-0.4, -0.2) is 48.7 Å². The van der Waals surface area contributed by atoms with Crippen molar-refractivity contribution in [2.75, 3.05) is 25.0 Å². The van der Waals surface area contributed by atoms with Gasteiger partial charge in [-0.25, -0.2) is 4.39 Å². The van der Waals surface area contributed by atoms with Gasteiger partial charge in [-0.15, -0.1) is 0 Å². The topological polar surface area (TPSA) is 94.8 Å². The average molecular weight is 638 g/mol. The summed E-state index contributed by atoms with van der Waals surface area (Å²) < 4.78 is 20.1. The Morgan fingerprint density at radius 2 is 1.68 bits per heavy atom. The Labute approximate surface area is 275 Å². The number of halogens is 1. The third-order valence-electron chi connectivity index (χ3n) is 11.2. The fourth-order valence-electron chi connectivity index (χ4n) is 9.40. The predicted octanol–water partition coefficient (Wildman–Crippen LogP) is 7.56.